The zero-order chi connectivity index (χ0) is 22.0. The van der Waals surface area contributed by atoms with Crippen molar-refractivity contribution < 1.29 is 39.5 Å². The van der Waals surface area contributed by atoms with E-state index in [-0.39, 0.29) is 54.6 Å². The standard InChI is InChI=1S/C21H23ClN4O4S.Na/c22-16-3-1-2-4-17(16)24-10-7-23(8-11-24)9-12-26-20(29)15-13-31-14-18(15)25(21(26)30)6-5-19(27)28;/h1-4,13-14H,5-12H2,(H,27,28);/q;+1/p-1. The van der Waals surface area contributed by atoms with Gasteiger partial charge in [-0.1, -0.05) is 23.7 Å². The number of hydrogen-bond acceptors (Lipinski definition) is 7. The second-order valence-electron chi connectivity index (χ2n) is 7.46. The molecule has 0 aliphatic carbocycles. The summed E-state index contributed by atoms with van der Waals surface area (Å²) in [6.07, 6.45) is -0.285. The second-order valence-corrected chi connectivity index (χ2v) is 8.61. The molecular formula is C21H22ClN4NaO4S. The molecule has 164 valence electrons. The van der Waals surface area contributed by atoms with E-state index in [2.05, 4.69) is 9.80 Å². The molecule has 1 fully saturated rings. The van der Waals surface area contributed by atoms with Gasteiger partial charge in [0.15, 0.2) is 0 Å². The number of carbonyl (C=O) groups is 1. The van der Waals surface area contributed by atoms with Crippen LogP contribution in [0.3, 0.4) is 0 Å². The summed E-state index contributed by atoms with van der Waals surface area (Å²) in [6, 6.07) is 7.75. The van der Waals surface area contributed by atoms with Crippen molar-refractivity contribution >= 4 is 45.5 Å². The van der Waals surface area contributed by atoms with Crippen molar-refractivity contribution in [2.75, 3.05) is 37.6 Å². The summed E-state index contributed by atoms with van der Waals surface area (Å²) in [5.41, 5.74) is 0.678. The Balaban J connectivity index is 0.00000289. The molecule has 32 heavy (non-hydrogen) atoms. The number of nitrogens with zero attached hydrogens (tertiary/aromatic N) is 4. The van der Waals surface area contributed by atoms with E-state index < -0.39 is 11.7 Å². The molecule has 2 aromatic heterocycles. The monoisotopic (exact) mass is 484 g/mol. The van der Waals surface area contributed by atoms with Crippen molar-refractivity contribution in [3.63, 3.8) is 0 Å². The number of anilines is 1. The largest absolute Gasteiger partial charge is 1.00 e. The van der Waals surface area contributed by atoms with Gasteiger partial charge in [-0.15, -0.1) is 11.3 Å². The normalized spacial score (nSPS) is 14.5. The number of carbonyl (C=O) groups excluding carboxylic acids is 1. The van der Waals surface area contributed by atoms with Crippen LogP contribution in [0, 0.1) is 0 Å². The molecule has 0 spiro atoms. The molecule has 8 nitrogen and oxygen atoms in total. The fourth-order valence-corrected chi connectivity index (χ4v) is 4.98. The van der Waals surface area contributed by atoms with Gasteiger partial charge in [0.2, 0.25) is 0 Å². The van der Waals surface area contributed by atoms with E-state index in [4.69, 9.17) is 11.6 Å². The molecule has 0 radical (unpaired) electrons. The smallest absolute Gasteiger partial charge is 0.550 e. The maximum absolute atomic E-state index is 12.9. The first-order valence-electron chi connectivity index (χ1n) is 10.1. The SMILES string of the molecule is O=C([O-])CCn1c(=O)n(CCN2CCN(c3ccccc3Cl)CC2)c(=O)c2cscc21.[Na+]. The molecule has 11 heteroatoms. The maximum Gasteiger partial charge on any atom is 1.00 e. The Morgan fingerprint density at radius 1 is 1.00 bits per heavy atom. The molecule has 0 saturated carbocycles. The summed E-state index contributed by atoms with van der Waals surface area (Å²) in [5, 5.41) is 15.4. The number of hydrogen-bond donors (Lipinski definition) is 0. The quantitative estimate of drug-likeness (QED) is 0.355. The topological polar surface area (TPSA) is 90.6 Å². The zero-order valence-electron chi connectivity index (χ0n) is 17.8. The number of para-hydroxylation sites is 1. The molecule has 0 atom stereocenters. The molecule has 3 heterocycles. The second kappa shape index (κ2) is 11.0. The van der Waals surface area contributed by atoms with Gasteiger partial charge in [0.05, 0.1) is 21.6 Å². The number of carboxylic acids is 1. The van der Waals surface area contributed by atoms with Gasteiger partial charge in [-0.05, 0) is 12.1 Å². The third kappa shape index (κ3) is 5.30. The van der Waals surface area contributed by atoms with Crippen molar-refractivity contribution in [1.29, 1.82) is 0 Å². The van der Waals surface area contributed by atoms with Gasteiger partial charge in [-0.2, -0.15) is 0 Å². The van der Waals surface area contributed by atoms with Gasteiger partial charge < -0.3 is 14.8 Å². The van der Waals surface area contributed by atoms with E-state index in [1.807, 2.05) is 24.3 Å². The van der Waals surface area contributed by atoms with Crippen LogP contribution in [0.1, 0.15) is 6.42 Å². The summed E-state index contributed by atoms with van der Waals surface area (Å²) in [6.45, 7) is 3.98. The van der Waals surface area contributed by atoms with Crippen LogP contribution in [0.5, 0.6) is 0 Å². The van der Waals surface area contributed by atoms with Gasteiger partial charge in [0.1, 0.15) is 0 Å². The summed E-state index contributed by atoms with van der Waals surface area (Å²) >= 11 is 7.61. The van der Waals surface area contributed by atoms with Gasteiger partial charge in [0.25, 0.3) is 5.56 Å². The first kappa shape index (κ1) is 25.0. The summed E-state index contributed by atoms with van der Waals surface area (Å²) in [7, 11) is 0. The van der Waals surface area contributed by atoms with Crippen LogP contribution >= 0.6 is 22.9 Å². The molecular weight excluding hydrogens is 463 g/mol. The number of aryl methyl sites for hydroxylation is 1. The van der Waals surface area contributed by atoms with Gasteiger partial charge in [-0.3, -0.25) is 18.8 Å². The number of piperazine rings is 1. The van der Waals surface area contributed by atoms with E-state index >= 15 is 0 Å². The molecule has 4 rings (SSSR count). The number of carboxylic acid groups (broad SMARTS) is 1. The minimum atomic E-state index is -1.23. The Labute approximate surface area is 215 Å². The van der Waals surface area contributed by atoms with Crippen molar-refractivity contribution in [1.82, 2.24) is 14.0 Å². The number of rotatable bonds is 7. The molecule has 0 unspecified atom stereocenters. The van der Waals surface area contributed by atoms with Crippen LogP contribution in [0.2, 0.25) is 5.02 Å². The summed E-state index contributed by atoms with van der Waals surface area (Å²) in [4.78, 5) is 41.1. The first-order valence-corrected chi connectivity index (χ1v) is 11.4. The Kier molecular flexibility index (Phi) is 8.60. The van der Waals surface area contributed by atoms with Crippen LogP contribution in [-0.4, -0.2) is 52.7 Å². The van der Waals surface area contributed by atoms with Crippen molar-refractivity contribution in [3.05, 3.63) is 60.9 Å². The molecule has 3 aromatic rings. The maximum atomic E-state index is 12.9. The molecule has 1 aliphatic rings. The zero-order valence-corrected chi connectivity index (χ0v) is 21.4. The van der Waals surface area contributed by atoms with E-state index in [1.165, 1.54) is 20.5 Å². The van der Waals surface area contributed by atoms with Crippen LogP contribution in [0.25, 0.3) is 10.9 Å². The Bertz CT molecular complexity index is 1220. The average molecular weight is 485 g/mol. The van der Waals surface area contributed by atoms with Gasteiger partial charge in [0, 0.05) is 69.0 Å². The van der Waals surface area contributed by atoms with E-state index in [9.17, 15) is 19.5 Å². The molecule has 0 amide bonds. The number of fused-ring (bicyclic) bond motifs is 1. The Morgan fingerprint density at radius 2 is 1.72 bits per heavy atom. The predicted molar refractivity (Wildman–Crippen MR) is 120 cm³/mol. The van der Waals surface area contributed by atoms with Crippen LogP contribution < -0.4 is 50.8 Å². The number of thiophene rings is 1. The predicted octanol–water partition coefficient (Wildman–Crippen LogP) is -2.16. The third-order valence-corrected chi connectivity index (χ3v) is 6.67. The number of aliphatic carboxylic acids is 1. The van der Waals surface area contributed by atoms with Gasteiger partial charge >= 0.3 is 35.2 Å². The fourth-order valence-electron chi connectivity index (χ4n) is 3.92. The van der Waals surface area contributed by atoms with E-state index in [0.717, 1.165) is 36.9 Å². The molecule has 0 N–H and O–H groups in total. The van der Waals surface area contributed by atoms with Crippen LogP contribution in [-0.2, 0) is 17.9 Å². The summed E-state index contributed by atoms with van der Waals surface area (Å²) in [5.74, 6) is -1.23. The van der Waals surface area contributed by atoms with E-state index in [0.29, 0.717) is 17.4 Å². The number of aromatic nitrogens is 2. The molecule has 1 aromatic carbocycles. The minimum Gasteiger partial charge on any atom is -0.550 e. The number of benzene rings is 1. The van der Waals surface area contributed by atoms with Crippen molar-refractivity contribution in [2.24, 2.45) is 0 Å². The average Bonchev–Trinajstić information content (AvgIpc) is 3.24. The number of halogens is 1. The van der Waals surface area contributed by atoms with Crippen molar-refractivity contribution in [3.8, 4) is 0 Å². The van der Waals surface area contributed by atoms with Gasteiger partial charge in [-0.25, -0.2) is 4.79 Å². The Hall–Kier alpha value is -1.62. The Morgan fingerprint density at radius 3 is 2.41 bits per heavy atom. The molecule has 1 aliphatic heterocycles. The van der Waals surface area contributed by atoms with Crippen LogP contribution in [0.4, 0.5) is 5.69 Å². The fraction of sp³-hybridized carbons (Fsp3) is 0.381. The van der Waals surface area contributed by atoms with Crippen molar-refractivity contribution in [2.45, 2.75) is 19.5 Å². The van der Waals surface area contributed by atoms with E-state index in [1.54, 1.807) is 10.8 Å². The first-order chi connectivity index (χ1) is 15.0. The molecule has 1 saturated heterocycles. The molecule has 0 bridgehead atoms. The minimum absolute atomic E-state index is 0. The third-order valence-electron chi connectivity index (χ3n) is 5.61. The summed E-state index contributed by atoms with van der Waals surface area (Å²) < 4.78 is 2.57. The van der Waals surface area contributed by atoms with Crippen LogP contribution in [0.15, 0.2) is 44.6 Å².